The molecular weight excluding hydrogens is 488 g/mol. The monoisotopic (exact) mass is 522 g/mol. The lowest BCUT2D eigenvalue weighted by molar-refractivity contribution is -0.132. The molecule has 2 aromatic rings. The molecule has 4 amide bonds. The van der Waals surface area contributed by atoms with Gasteiger partial charge in [-0.1, -0.05) is 19.4 Å². The molecule has 0 bridgehead atoms. The van der Waals surface area contributed by atoms with Gasteiger partial charge in [0, 0.05) is 49.9 Å². The second-order valence-electron chi connectivity index (χ2n) is 10.2. The number of anilines is 1. The van der Waals surface area contributed by atoms with Crippen LogP contribution in [0.3, 0.4) is 0 Å². The molecule has 0 spiro atoms. The summed E-state index contributed by atoms with van der Waals surface area (Å²) in [5.74, 6) is -1.02. The minimum Gasteiger partial charge on any atom is -0.380 e. The number of nitrogens with one attached hydrogen (secondary N) is 2. The number of imide groups is 1. The first kappa shape index (κ1) is 25.9. The first-order valence-corrected chi connectivity index (χ1v) is 13.4. The van der Waals surface area contributed by atoms with E-state index < -0.39 is 24.1 Å². The highest BCUT2D eigenvalue weighted by Gasteiger charge is 2.45. The maximum atomic E-state index is 13.3. The minimum absolute atomic E-state index is 0.137. The number of benzene rings is 1. The summed E-state index contributed by atoms with van der Waals surface area (Å²) >= 11 is 0. The predicted octanol–water partition coefficient (Wildman–Crippen LogP) is 2.04. The Kier molecular flexibility index (Phi) is 7.46. The Bertz CT molecular complexity index is 1230. The van der Waals surface area contributed by atoms with Crippen LogP contribution in [0.25, 0.3) is 0 Å². The molecule has 0 radical (unpaired) electrons. The van der Waals surface area contributed by atoms with Crippen LogP contribution in [0.15, 0.2) is 30.6 Å². The van der Waals surface area contributed by atoms with Crippen LogP contribution in [-0.2, 0) is 16.1 Å². The van der Waals surface area contributed by atoms with E-state index in [9.17, 15) is 24.3 Å². The summed E-state index contributed by atoms with van der Waals surface area (Å²) in [6.07, 6.45) is 7.11. The number of carbonyl (C=O) groups excluding carboxylic acids is 4. The van der Waals surface area contributed by atoms with Crippen molar-refractivity contribution < 1.29 is 24.3 Å². The molecule has 202 valence electrons. The molecule has 2 fully saturated rings. The molecular formula is C27H34N6O5. The van der Waals surface area contributed by atoms with Crippen molar-refractivity contribution in [1.82, 2.24) is 24.9 Å². The Labute approximate surface area is 221 Å². The number of fused-ring (bicyclic) bond motifs is 1. The summed E-state index contributed by atoms with van der Waals surface area (Å²) < 4.78 is 1.95. The lowest BCUT2D eigenvalue weighted by Crippen LogP contribution is -2.57. The lowest BCUT2D eigenvalue weighted by Gasteiger charge is -2.33. The van der Waals surface area contributed by atoms with Gasteiger partial charge in [-0.05, 0) is 37.8 Å². The van der Waals surface area contributed by atoms with E-state index in [0.29, 0.717) is 18.7 Å². The molecule has 0 saturated carbocycles. The SMILES string of the molecule is CCCCC(=O)N1CCC(n2cc(CNc3cccc4c3C(=O)N(C3CCC(=O)NC3O)C4=O)cn2)CC1. The molecule has 3 aliphatic rings. The van der Waals surface area contributed by atoms with Crippen LogP contribution in [0.1, 0.15) is 84.2 Å². The minimum atomic E-state index is -1.29. The Morgan fingerprint density at radius 1 is 1.16 bits per heavy atom. The van der Waals surface area contributed by atoms with Gasteiger partial charge in [-0.3, -0.25) is 28.8 Å². The maximum Gasteiger partial charge on any atom is 0.264 e. The van der Waals surface area contributed by atoms with E-state index in [0.717, 1.165) is 49.2 Å². The first-order valence-electron chi connectivity index (χ1n) is 13.4. The highest BCUT2D eigenvalue weighted by atomic mass is 16.3. The van der Waals surface area contributed by atoms with Gasteiger partial charge in [0.25, 0.3) is 11.8 Å². The topological polar surface area (TPSA) is 137 Å². The van der Waals surface area contributed by atoms with Gasteiger partial charge in [-0.25, -0.2) is 0 Å². The van der Waals surface area contributed by atoms with Crippen LogP contribution in [0.4, 0.5) is 5.69 Å². The quantitative estimate of drug-likeness (QED) is 0.451. The van der Waals surface area contributed by atoms with Crippen molar-refractivity contribution in [3.8, 4) is 0 Å². The number of nitrogens with zero attached hydrogens (tertiary/aromatic N) is 4. The summed E-state index contributed by atoms with van der Waals surface area (Å²) in [5, 5.41) is 20.5. The number of aliphatic hydroxyl groups excluding tert-OH is 1. The fraction of sp³-hybridized carbons (Fsp3) is 0.519. The first-order chi connectivity index (χ1) is 18.4. The van der Waals surface area contributed by atoms with Crippen LogP contribution in [0, 0.1) is 0 Å². The van der Waals surface area contributed by atoms with Gasteiger partial charge in [-0.15, -0.1) is 0 Å². The van der Waals surface area contributed by atoms with Crippen molar-refractivity contribution in [2.24, 2.45) is 0 Å². The van der Waals surface area contributed by atoms with Crippen LogP contribution < -0.4 is 10.6 Å². The zero-order valence-corrected chi connectivity index (χ0v) is 21.6. The molecule has 2 saturated heterocycles. The highest BCUT2D eigenvalue weighted by Crippen LogP contribution is 2.33. The molecule has 2 atom stereocenters. The molecule has 0 aliphatic carbocycles. The summed E-state index contributed by atoms with van der Waals surface area (Å²) in [6.45, 7) is 3.98. The number of hydrogen-bond donors (Lipinski definition) is 3. The summed E-state index contributed by atoms with van der Waals surface area (Å²) in [6, 6.07) is 4.50. The van der Waals surface area contributed by atoms with Gasteiger partial charge in [-0.2, -0.15) is 5.10 Å². The summed E-state index contributed by atoms with van der Waals surface area (Å²) in [7, 11) is 0. The van der Waals surface area contributed by atoms with Gasteiger partial charge < -0.3 is 20.6 Å². The third-order valence-electron chi connectivity index (χ3n) is 7.69. The van der Waals surface area contributed by atoms with E-state index in [-0.39, 0.29) is 41.8 Å². The average Bonchev–Trinajstić information content (AvgIpc) is 3.49. The van der Waals surface area contributed by atoms with Crippen molar-refractivity contribution >= 4 is 29.3 Å². The molecule has 11 nitrogen and oxygen atoms in total. The molecule has 4 heterocycles. The number of hydrogen-bond acceptors (Lipinski definition) is 7. The number of carbonyl (C=O) groups is 4. The molecule has 3 N–H and O–H groups in total. The summed E-state index contributed by atoms with van der Waals surface area (Å²) in [4.78, 5) is 53.3. The largest absolute Gasteiger partial charge is 0.380 e. The fourth-order valence-corrected chi connectivity index (χ4v) is 5.52. The van der Waals surface area contributed by atoms with E-state index in [1.807, 2.05) is 15.8 Å². The Balaban J connectivity index is 1.21. The Morgan fingerprint density at radius 3 is 2.68 bits per heavy atom. The number of aromatic nitrogens is 2. The van der Waals surface area contributed by atoms with E-state index in [2.05, 4.69) is 22.7 Å². The molecule has 11 heteroatoms. The van der Waals surface area contributed by atoms with Gasteiger partial charge in [0.2, 0.25) is 11.8 Å². The van der Waals surface area contributed by atoms with Crippen LogP contribution in [-0.4, -0.2) is 73.7 Å². The number of likely N-dealkylation sites (tertiary alicyclic amines) is 1. The third-order valence-corrected chi connectivity index (χ3v) is 7.69. The van der Waals surface area contributed by atoms with Crippen molar-refractivity contribution in [3.05, 3.63) is 47.3 Å². The number of aliphatic hydroxyl groups is 1. The van der Waals surface area contributed by atoms with Crippen LogP contribution in [0.2, 0.25) is 0 Å². The maximum absolute atomic E-state index is 13.3. The van der Waals surface area contributed by atoms with E-state index in [1.54, 1.807) is 24.4 Å². The third kappa shape index (κ3) is 5.02. The standard InChI is InChI=1S/C27H34N6O5/c1-2-3-7-23(35)31-12-10-18(11-13-31)32-16-17(15-29-32)14-28-20-6-4-5-19-24(20)27(38)33(26(19)37)21-8-9-22(34)30-25(21)36/h4-6,15-16,18,21,25,28,36H,2-3,7-14H2,1H3,(H,30,34). The molecule has 3 aliphatic heterocycles. The van der Waals surface area contributed by atoms with Crippen LogP contribution in [0.5, 0.6) is 0 Å². The Hall–Kier alpha value is -3.73. The van der Waals surface area contributed by atoms with E-state index in [1.165, 1.54) is 0 Å². The smallest absolute Gasteiger partial charge is 0.264 e. The van der Waals surface area contributed by atoms with E-state index in [4.69, 9.17) is 0 Å². The van der Waals surface area contributed by atoms with Gasteiger partial charge >= 0.3 is 0 Å². The number of amides is 4. The fourth-order valence-electron chi connectivity index (χ4n) is 5.52. The normalized spacial score (nSPS) is 22.0. The zero-order chi connectivity index (χ0) is 26.8. The average molecular weight is 523 g/mol. The second kappa shape index (κ2) is 10.9. The van der Waals surface area contributed by atoms with Gasteiger partial charge in [0.05, 0.1) is 29.4 Å². The van der Waals surface area contributed by atoms with Crippen LogP contribution >= 0.6 is 0 Å². The molecule has 38 heavy (non-hydrogen) atoms. The lowest BCUT2D eigenvalue weighted by atomic mass is 10.0. The molecule has 1 aromatic carbocycles. The zero-order valence-electron chi connectivity index (χ0n) is 21.6. The van der Waals surface area contributed by atoms with Crippen molar-refractivity contribution in [1.29, 1.82) is 0 Å². The number of rotatable bonds is 8. The van der Waals surface area contributed by atoms with Crippen molar-refractivity contribution in [2.75, 3.05) is 18.4 Å². The molecule has 2 unspecified atom stereocenters. The van der Waals surface area contributed by atoms with Gasteiger partial charge in [0.1, 0.15) is 6.23 Å². The van der Waals surface area contributed by atoms with E-state index >= 15 is 0 Å². The Morgan fingerprint density at radius 2 is 1.95 bits per heavy atom. The predicted molar refractivity (Wildman–Crippen MR) is 138 cm³/mol. The summed E-state index contributed by atoms with van der Waals surface area (Å²) in [5.41, 5.74) is 2.02. The second-order valence-corrected chi connectivity index (χ2v) is 10.2. The highest BCUT2D eigenvalue weighted by molar-refractivity contribution is 6.24. The van der Waals surface area contributed by atoms with Crippen molar-refractivity contribution in [2.45, 2.75) is 76.7 Å². The van der Waals surface area contributed by atoms with Gasteiger partial charge in [0.15, 0.2) is 0 Å². The number of unbranched alkanes of at least 4 members (excludes halogenated alkanes) is 1. The number of piperidine rings is 2. The van der Waals surface area contributed by atoms with Crippen molar-refractivity contribution in [3.63, 3.8) is 0 Å². The molecule has 5 rings (SSSR count). The molecule has 1 aromatic heterocycles.